The standard InChI is InChI=1S/C14H26N2O3/c1-9(2)13(14(18)19)16-12(17)7-10(3)11-5-4-6-15-8-11/h9-11,13,15H,4-8H2,1-3H3,(H,16,17)(H,18,19)/t10?,11?,13-/m1/s1. The normalized spacial score (nSPS) is 22.8. The van der Waals surface area contributed by atoms with Crippen molar-refractivity contribution < 1.29 is 14.7 Å². The number of carbonyl (C=O) groups excluding carboxylic acids is 1. The molecule has 5 heteroatoms. The number of hydrogen-bond donors (Lipinski definition) is 3. The van der Waals surface area contributed by atoms with Crippen molar-refractivity contribution in [2.75, 3.05) is 13.1 Å². The van der Waals surface area contributed by atoms with Crippen LogP contribution in [0.2, 0.25) is 0 Å². The maximum absolute atomic E-state index is 11.9. The monoisotopic (exact) mass is 270 g/mol. The highest BCUT2D eigenvalue weighted by Gasteiger charge is 2.26. The highest BCUT2D eigenvalue weighted by atomic mass is 16.4. The van der Waals surface area contributed by atoms with Crippen molar-refractivity contribution in [3.8, 4) is 0 Å². The van der Waals surface area contributed by atoms with Gasteiger partial charge in [0.15, 0.2) is 0 Å². The maximum atomic E-state index is 11.9. The predicted molar refractivity (Wildman–Crippen MR) is 73.8 cm³/mol. The molecule has 0 bridgehead atoms. The van der Waals surface area contributed by atoms with E-state index >= 15 is 0 Å². The van der Waals surface area contributed by atoms with Crippen LogP contribution in [0.3, 0.4) is 0 Å². The van der Waals surface area contributed by atoms with E-state index in [-0.39, 0.29) is 17.7 Å². The number of carboxylic acid groups (broad SMARTS) is 1. The van der Waals surface area contributed by atoms with Crippen LogP contribution in [0.25, 0.3) is 0 Å². The van der Waals surface area contributed by atoms with Crippen molar-refractivity contribution in [1.82, 2.24) is 10.6 Å². The van der Waals surface area contributed by atoms with Crippen LogP contribution in [-0.2, 0) is 9.59 Å². The molecule has 1 aliphatic heterocycles. The van der Waals surface area contributed by atoms with Gasteiger partial charge in [-0.1, -0.05) is 20.8 Å². The van der Waals surface area contributed by atoms with Crippen LogP contribution in [0.1, 0.15) is 40.0 Å². The summed E-state index contributed by atoms with van der Waals surface area (Å²) in [6.45, 7) is 7.69. The molecule has 0 aromatic rings. The second-order valence-electron chi connectivity index (χ2n) is 5.92. The Morgan fingerprint density at radius 3 is 2.53 bits per heavy atom. The maximum Gasteiger partial charge on any atom is 0.326 e. The number of carboxylic acids is 1. The number of amides is 1. The summed E-state index contributed by atoms with van der Waals surface area (Å²) in [5, 5.41) is 15.0. The smallest absolute Gasteiger partial charge is 0.326 e. The average Bonchev–Trinajstić information content (AvgIpc) is 2.36. The second kappa shape index (κ2) is 7.48. The summed E-state index contributed by atoms with van der Waals surface area (Å²) in [4.78, 5) is 23.0. The number of rotatable bonds is 6. The van der Waals surface area contributed by atoms with Gasteiger partial charge in [-0.3, -0.25) is 4.79 Å². The van der Waals surface area contributed by atoms with E-state index in [2.05, 4.69) is 17.6 Å². The molecule has 5 nitrogen and oxygen atoms in total. The SMILES string of the molecule is CC(CC(=O)N[C@@H](C(=O)O)C(C)C)C1CCCNC1. The Morgan fingerprint density at radius 1 is 1.37 bits per heavy atom. The first-order valence-corrected chi connectivity index (χ1v) is 7.14. The number of carbonyl (C=O) groups is 2. The molecule has 0 spiro atoms. The van der Waals surface area contributed by atoms with Gasteiger partial charge in [-0.05, 0) is 43.7 Å². The first-order valence-electron chi connectivity index (χ1n) is 7.14. The van der Waals surface area contributed by atoms with E-state index in [1.807, 2.05) is 0 Å². The highest BCUT2D eigenvalue weighted by Crippen LogP contribution is 2.22. The molecule has 0 aliphatic carbocycles. The van der Waals surface area contributed by atoms with E-state index in [1.54, 1.807) is 13.8 Å². The molecule has 1 aliphatic rings. The molecule has 0 aromatic carbocycles. The van der Waals surface area contributed by atoms with Gasteiger partial charge in [0.25, 0.3) is 0 Å². The van der Waals surface area contributed by atoms with E-state index in [0.29, 0.717) is 12.3 Å². The van der Waals surface area contributed by atoms with Crippen LogP contribution in [0.5, 0.6) is 0 Å². The lowest BCUT2D eigenvalue weighted by atomic mass is 9.85. The van der Waals surface area contributed by atoms with Gasteiger partial charge in [-0.2, -0.15) is 0 Å². The Morgan fingerprint density at radius 2 is 2.05 bits per heavy atom. The third-order valence-corrected chi connectivity index (χ3v) is 3.90. The first-order chi connectivity index (χ1) is 8.91. The molecule has 2 unspecified atom stereocenters. The summed E-state index contributed by atoms with van der Waals surface area (Å²) in [6.07, 6.45) is 2.71. The molecule has 0 radical (unpaired) electrons. The highest BCUT2D eigenvalue weighted by molar-refractivity contribution is 5.83. The Labute approximate surface area is 115 Å². The van der Waals surface area contributed by atoms with Crippen molar-refractivity contribution in [1.29, 1.82) is 0 Å². The summed E-state index contributed by atoms with van der Waals surface area (Å²) in [5.41, 5.74) is 0. The van der Waals surface area contributed by atoms with Gasteiger partial charge < -0.3 is 15.7 Å². The molecule has 3 N–H and O–H groups in total. The fourth-order valence-electron chi connectivity index (χ4n) is 2.57. The number of hydrogen-bond acceptors (Lipinski definition) is 3. The van der Waals surface area contributed by atoms with Crippen molar-refractivity contribution in [3.63, 3.8) is 0 Å². The third kappa shape index (κ3) is 5.19. The Kier molecular flexibility index (Phi) is 6.28. The Hall–Kier alpha value is -1.10. The fourth-order valence-corrected chi connectivity index (χ4v) is 2.57. The van der Waals surface area contributed by atoms with Crippen molar-refractivity contribution in [2.24, 2.45) is 17.8 Å². The van der Waals surface area contributed by atoms with Gasteiger partial charge in [0.05, 0.1) is 0 Å². The molecule has 0 saturated carbocycles. The van der Waals surface area contributed by atoms with Crippen LogP contribution < -0.4 is 10.6 Å². The van der Waals surface area contributed by atoms with Crippen LogP contribution in [0.4, 0.5) is 0 Å². The van der Waals surface area contributed by atoms with E-state index < -0.39 is 12.0 Å². The molecular formula is C14H26N2O3. The molecule has 1 saturated heterocycles. The summed E-state index contributed by atoms with van der Waals surface area (Å²) < 4.78 is 0. The van der Waals surface area contributed by atoms with Crippen molar-refractivity contribution >= 4 is 11.9 Å². The topological polar surface area (TPSA) is 78.4 Å². The summed E-state index contributed by atoms with van der Waals surface area (Å²) in [5.74, 6) is -0.418. The average molecular weight is 270 g/mol. The Bertz CT molecular complexity index is 312. The van der Waals surface area contributed by atoms with Gasteiger partial charge in [0, 0.05) is 6.42 Å². The lowest BCUT2D eigenvalue weighted by molar-refractivity contribution is -0.143. The van der Waals surface area contributed by atoms with Gasteiger partial charge in [0.2, 0.25) is 5.91 Å². The second-order valence-corrected chi connectivity index (χ2v) is 5.92. The lowest BCUT2D eigenvalue weighted by Gasteiger charge is -2.28. The number of nitrogens with one attached hydrogen (secondary N) is 2. The summed E-state index contributed by atoms with van der Waals surface area (Å²) in [7, 11) is 0. The van der Waals surface area contributed by atoms with E-state index in [4.69, 9.17) is 5.11 Å². The zero-order chi connectivity index (χ0) is 14.4. The van der Waals surface area contributed by atoms with Crippen LogP contribution in [-0.4, -0.2) is 36.1 Å². The zero-order valence-electron chi connectivity index (χ0n) is 12.1. The molecule has 19 heavy (non-hydrogen) atoms. The summed E-state index contributed by atoms with van der Waals surface area (Å²) in [6, 6.07) is -0.788. The predicted octanol–water partition coefficient (Wildman–Crippen LogP) is 1.24. The van der Waals surface area contributed by atoms with Gasteiger partial charge in [0.1, 0.15) is 6.04 Å². The molecule has 3 atom stereocenters. The fraction of sp³-hybridized carbons (Fsp3) is 0.857. The first kappa shape index (κ1) is 16.0. The minimum Gasteiger partial charge on any atom is -0.480 e. The van der Waals surface area contributed by atoms with Crippen LogP contribution in [0.15, 0.2) is 0 Å². The van der Waals surface area contributed by atoms with Crippen molar-refractivity contribution in [2.45, 2.75) is 46.1 Å². The third-order valence-electron chi connectivity index (χ3n) is 3.90. The van der Waals surface area contributed by atoms with E-state index in [0.717, 1.165) is 25.9 Å². The molecule has 1 heterocycles. The quantitative estimate of drug-likeness (QED) is 0.678. The van der Waals surface area contributed by atoms with Crippen LogP contribution >= 0.6 is 0 Å². The summed E-state index contributed by atoms with van der Waals surface area (Å²) >= 11 is 0. The molecule has 1 fully saturated rings. The van der Waals surface area contributed by atoms with Gasteiger partial charge >= 0.3 is 5.97 Å². The Balaban J connectivity index is 2.42. The molecular weight excluding hydrogens is 244 g/mol. The largest absolute Gasteiger partial charge is 0.480 e. The van der Waals surface area contributed by atoms with E-state index in [1.165, 1.54) is 0 Å². The van der Waals surface area contributed by atoms with Gasteiger partial charge in [-0.15, -0.1) is 0 Å². The van der Waals surface area contributed by atoms with Gasteiger partial charge in [-0.25, -0.2) is 4.79 Å². The number of aliphatic carboxylic acids is 1. The number of piperidine rings is 1. The molecule has 0 aromatic heterocycles. The molecule has 110 valence electrons. The lowest BCUT2D eigenvalue weighted by Crippen LogP contribution is -2.45. The van der Waals surface area contributed by atoms with Crippen LogP contribution in [0, 0.1) is 17.8 Å². The van der Waals surface area contributed by atoms with Crippen molar-refractivity contribution in [3.05, 3.63) is 0 Å². The minimum absolute atomic E-state index is 0.104. The zero-order valence-corrected chi connectivity index (χ0v) is 12.1. The molecule has 1 amide bonds. The van der Waals surface area contributed by atoms with E-state index in [9.17, 15) is 9.59 Å². The minimum atomic E-state index is -0.963. The molecule has 1 rings (SSSR count).